The molecule has 2 aromatic carbocycles. The zero-order chi connectivity index (χ0) is 20.3. The maximum absolute atomic E-state index is 13.1. The van der Waals surface area contributed by atoms with Gasteiger partial charge < -0.3 is 10.4 Å². The lowest BCUT2D eigenvalue weighted by molar-refractivity contribution is -0.143. The molecule has 0 radical (unpaired) electrons. The van der Waals surface area contributed by atoms with Crippen LogP contribution in [0.4, 0.5) is 0 Å². The Bertz CT molecular complexity index is 1060. The Morgan fingerprint density at radius 3 is 2.32 bits per heavy atom. The number of nitrogens with one attached hydrogen (secondary N) is 1. The number of nitrogens with zero attached hydrogens (tertiary/aromatic N) is 2. The van der Waals surface area contributed by atoms with Crippen LogP contribution in [0.25, 0.3) is 10.9 Å². The Labute approximate surface area is 161 Å². The Kier molecular flexibility index (Phi) is 5.54. The van der Waals surface area contributed by atoms with Gasteiger partial charge >= 0.3 is 5.97 Å². The minimum absolute atomic E-state index is 0.315. The van der Waals surface area contributed by atoms with Crippen molar-refractivity contribution in [1.82, 2.24) is 14.9 Å². The highest BCUT2D eigenvalue weighted by Gasteiger charge is 2.30. The van der Waals surface area contributed by atoms with Gasteiger partial charge in [-0.05, 0) is 23.6 Å². The normalized spacial score (nSPS) is 13.2. The maximum atomic E-state index is 13.1. The van der Waals surface area contributed by atoms with Crippen LogP contribution in [0.5, 0.6) is 0 Å². The summed E-state index contributed by atoms with van der Waals surface area (Å²) in [7, 11) is 0. The highest BCUT2D eigenvalue weighted by atomic mass is 16.4. The third kappa shape index (κ3) is 3.78. The number of hydrogen-bond donors (Lipinski definition) is 2. The summed E-state index contributed by atoms with van der Waals surface area (Å²) >= 11 is 0. The van der Waals surface area contributed by atoms with Crippen molar-refractivity contribution in [3.8, 4) is 0 Å². The molecule has 0 aliphatic rings. The Hall–Kier alpha value is -3.48. The first kappa shape index (κ1) is 19.3. The molecule has 2 atom stereocenters. The number of carboxylic acids is 1. The number of benzene rings is 2. The lowest BCUT2D eigenvalue weighted by Gasteiger charge is -2.24. The first-order valence-electron chi connectivity index (χ1n) is 8.94. The van der Waals surface area contributed by atoms with E-state index in [4.69, 9.17) is 0 Å². The van der Waals surface area contributed by atoms with E-state index in [0.717, 1.165) is 0 Å². The molecule has 7 nitrogen and oxygen atoms in total. The van der Waals surface area contributed by atoms with E-state index in [1.54, 1.807) is 68.4 Å². The minimum Gasteiger partial charge on any atom is -0.480 e. The number of carbonyl (C=O) groups excluding carboxylic acids is 1. The van der Waals surface area contributed by atoms with Crippen LogP contribution in [-0.2, 0) is 9.59 Å². The standard InChI is InChI=1S/C21H21N3O4/c1-13(2)17(21(27)28)23-19(25)18(14-8-4-3-5-9-14)24-12-22-16-11-7-6-10-15(16)20(24)26/h3-13,17-18H,1-2H3,(H,23,25)(H,27,28). The first-order valence-corrected chi connectivity index (χ1v) is 8.94. The Morgan fingerprint density at radius 1 is 1.04 bits per heavy atom. The second-order valence-electron chi connectivity index (χ2n) is 6.86. The van der Waals surface area contributed by atoms with Crippen molar-refractivity contribution < 1.29 is 14.7 Å². The predicted molar refractivity (Wildman–Crippen MR) is 105 cm³/mol. The number of fused-ring (bicyclic) bond motifs is 1. The number of carbonyl (C=O) groups is 2. The summed E-state index contributed by atoms with van der Waals surface area (Å²) in [5.74, 6) is -2.02. The zero-order valence-electron chi connectivity index (χ0n) is 15.6. The van der Waals surface area contributed by atoms with E-state index in [-0.39, 0.29) is 11.5 Å². The molecule has 0 bridgehead atoms. The van der Waals surface area contributed by atoms with Crippen LogP contribution >= 0.6 is 0 Å². The summed E-state index contributed by atoms with van der Waals surface area (Å²) in [5, 5.41) is 12.4. The lowest BCUT2D eigenvalue weighted by atomic mass is 10.0. The van der Waals surface area contributed by atoms with E-state index in [9.17, 15) is 19.5 Å². The summed E-state index contributed by atoms with van der Waals surface area (Å²) in [4.78, 5) is 41.9. The number of amides is 1. The van der Waals surface area contributed by atoms with Gasteiger partial charge in [-0.15, -0.1) is 0 Å². The topological polar surface area (TPSA) is 101 Å². The van der Waals surface area contributed by atoms with Gasteiger partial charge in [-0.2, -0.15) is 0 Å². The fourth-order valence-electron chi connectivity index (χ4n) is 3.09. The highest BCUT2D eigenvalue weighted by molar-refractivity contribution is 5.88. The maximum Gasteiger partial charge on any atom is 0.326 e. The lowest BCUT2D eigenvalue weighted by Crippen LogP contribution is -2.48. The monoisotopic (exact) mass is 379 g/mol. The van der Waals surface area contributed by atoms with Crippen LogP contribution < -0.4 is 10.9 Å². The molecule has 1 aromatic heterocycles. The van der Waals surface area contributed by atoms with Gasteiger partial charge in [0.1, 0.15) is 12.1 Å². The van der Waals surface area contributed by atoms with Crippen LogP contribution in [0.3, 0.4) is 0 Å². The van der Waals surface area contributed by atoms with Crippen molar-refractivity contribution in [2.24, 2.45) is 5.92 Å². The number of hydrogen-bond acceptors (Lipinski definition) is 4. The molecule has 2 N–H and O–H groups in total. The number of aliphatic carboxylic acids is 1. The molecule has 0 aliphatic carbocycles. The summed E-state index contributed by atoms with van der Waals surface area (Å²) in [5.41, 5.74) is 0.722. The zero-order valence-corrected chi connectivity index (χ0v) is 15.6. The third-order valence-corrected chi connectivity index (χ3v) is 4.56. The highest BCUT2D eigenvalue weighted by Crippen LogP contribution is 2.19. The predicted octanol–water partition coefficient (Wildman–Crippen LogP) is 2.21. The molecule has 0 aliphatic heterocycles. The van der Waals surface area contributed by atoms with Gasteiger partial charge in [0.25, 0.3) is 5.56 Å². The molecular formula is C21H21N3O4. The van der Waals surface area contributed by atoms with Crippen LogP contribution in [0, 0.1) is 5.92 Å². The third-order valence-electron chi connectivity index (χ3n) is 4.56. The van der Waals surface area contributed by atoms with Crippen molar-refractivity contribution in [2.75, 3.05) is 0 Å². The van der Waals surface area contributed by atoms with Crippen molar-refractivity contribution in [3.05, 3.63) is 76.8 Å². The average Bonchev–Trinajstić information content (AvgIpc) is 2.68. The van der Waals surface area contributed by atoms with Gasteiger partial charge in [-0.1, -0.05) is 56.3 Å². The van der Waals surface area contributed by atoms with Crippen LogP contribution in [0.15, 0.2) is 65.7 Å². The molecule has 0 fully saturated rings. The number of para-hydroxylation sites is 1. The first-order chi connectivity index (χ1) is 13.4. The van der Waals surface area contributed by atoms with Gasteiger partial charge in [-0.3, -0.25) is 14.2 Å². The van der Waals surface area contributed by atoms with Gasteiger partial charge in [-0.25, -0.2) is 9.78 Å². The average molecular weight is 379 g/mol. The van der Waals surface area contributed by atoms with Crippen molar-refractivity contribution in [3.63, 3.8) is 0 Å². The molecule has 28 heavy (non-hydrogen) atoms. The van der Waals surface area contributed by atoms with E-state index >= 15 is 0 Å². The van der Waals surface area contributed by atoms with Gasteiger partial charge in [0, 0.05) is 0 Å². The molecule has 3 aromatic rings. The van der Waals surface area contributed by atoms with Crippen LogP contribution in [0.2, 0.25) is 0 Å². The molecule has 0 spiro atoms. The summed E-state index contributed by atoms with van der Waals surface area (Å²) in [6.07, 6.45) is 1.33. The number of rotatable bonds is 6. The van der Waals surface area contributed by atoms with E-state index < -0.39 is 24.0 Å². The second kappa shape index (κ2) is 8.04. The number of carboxylic acid groups (broad SMARTS) is 1. The van der Waals surface area contributed by atoms with E-state index in [1.807, 2.05) is 0 Å². The number of aromatic nitrogens is 2. The van der Waals surface area contributed by atoms with Crippen molar-refractivity contribution >= 4 is 22.8 Å². The van der Waals surface area contributed by atoms with Gasteiger partial charge in [0.15, 0.2) is 0 Å². The molecule has 1 heterocycles. The summed E-state index contributed by atoms with van der Waals surface area (Å²) in [6.45, 7) is 3.42. The van der Waals surface area contributed by atoms with E-state index in [1.165, 1.54) is 10.9 Å². The second-order valence-corrected chi connectivity index (χ2v) is 6.86. The van der Waals surface area contributed by atoms with Crippen molar-refractivity contribution in [2.45, 2.75) is 25.9 Å². The van der Waals surface area contributed by atoms with Crippen molar-refractivity contribution in [1.29, 1.82) is 0 Å². The molecular weight excluding hydrogens is 358 g/mol. The molecule has 7 heteroatoms. The molecule has 0 saturated heterocycles. The Morgan fingerprint density at radius 2 is 1.68 bits per heavy atom. The van der Waals surface area contributed by atoms with Gasteiger partial charge in [0.2, 0.25) is 5.91 Å². The van der Waals surface area contributed by atoms with Crippen LogP contribution in [0.1, 0.15) is 25.5 Å². The molecule has 0 saturated carbocycles. The van der Waals surface area contributed by atoms with Gasteiger partial charge in [0.05, 0.1) is 17.2 Å². The molecule has 2 unspecified atom stereocenters. The fourth-order valence-corrected chi connectivity index (χ4v) is 3.09. The SMILES string of the molecule is CC(C)C(NC(=O)C(c1ccccc1)n1cnc2ccccc2c1=O)C(=O)O. The summed E-state index contributed by atoms with van der Waals surface area (Å²) < 4.78 is 1.24. The summed E-state index contributed by atoms with van der Waals surface area (Å²) in [6, 6.07) is 13.5. The smallest absolute Gasteiger partial charge is 0.326 e. The quantitative estimate of drug-likeness (QED) is 0.684. The molecule has 3 rings (SSSR count). The van der Waals surface area contributed by atoms with E-state index in [0.29, 0.717) is 16.5 Å². The Balaban J connectivity index is 2.11. The largest absolute Gasteiger partial charge is 0.480 e. The fraction of sp³-hybridized carbons (Fsp3) is 0.238. The van der Waals surface area contributed by atoms with E-state index in [2.05, 4.69) is 10.3 Å². The minimum atomic E-state index is -1.13. The van der Waals surface area contributed by atoms with Crippen LogP contribution in [-0.4, -0.2) is 32.6 Å². The molecule has 1 amide bonds. The molecule has 144 valence electrons.